The van der Waals surface area contributed by atoms with Gasteiger partial charge in [-0.1, -0.05) is 30.3 Å². The van der Waals surface area contributed by atoms with Crippen LogP contribution in [0.4, 0.5) is 4.39 Å². The Labute approximate surface area is 165 Å². The number of amides is 2. The molecule has 2 aromatic carbocycles. The summed E-state index contributed by atoms with van der Waals surface area (Å²) in [7, 11) is 0. The van der Waals surface area contributed by atoms with Crippen LogP contribution in [0.25, 0.3) is 10.8 Å². The van der Waals surface area contributed by atoms with Crippen molar-refractivity contribution < 1.29 is 14.0 Å². The molecule has 1 aliphatic heterocycles. The van der Waals surface area contributed by atoms with Gasteiger partial charge in [0.25, 0.3) is 11.5 Å². The fraction of sp³-hybridized carbons (Fsp3) is 0.238. The molecule has 148 valence electrons. The number of H-pyrrole nitrogens is 1. The molecule has 2 amide bonds. The van der Waals surface area contributed by atoms with Gasteiger partial charge in [0.1, 0.15) is 5.82 Å². The molecule has 0 radical (unpaired) electrons. The van der Waals surface area contributed by atoms with Crippen molar-refractivity contribution in [1.29, 1.82) is 0 Å². The van der Waals surface area contributed by atoms with Crippen LogP contribution >= 0.6 is 0 Å². The number of rotatable bonds is 3. The maximum Gasteiger partial charge on any atom is 0.275 e. The van der Waals surface area contributed by atoms with Gasteiger partial charge in [-0.25, -0.2) is 9.49 Å². The Kier molecular flexibility index (Phi) is 5.07. The van der Waals surface area contributed by atoms with E-state index in [0.717, 1.165) is 5.56 Å². The van der Waals surface area contributed by atoms with Crippen molar-refractivity contribution in [2.45, 2.75) is 6.42 Å². The maximum atomic E-state index is 13.0. The highest BCUT2D eigenvalue weighted by Crippen LogP contribution is 2.16. The van der Waals surface area contributed by atoms with Crippen molar-refractivity contribution >= 4 is 22.6 Å². The summed E-state index contributed by atoms with van der Waals surface area (Å²) in [5, 5.41) is 7.26. The highest BCUT2D eigenvalue weighted by molar-refractivity contribution is 6.04. The van der Waals surface area contributed by atoms with E-state index in [-0.39, 0.29) is 35.3 Å². The van der Waals surface area contributed by atoms with Gasteiger partial charge in [0.2, 0.25) is 5.91 Å². The summed E-state index contributed by atoms with van der Waals surface area (Å²) in [6.45, 7) is 1.58. The summed E-state index contributed by atoms with van der Waals surface area (Å²) in [4.78, 5) is 40.7. The second-order valence-corrected chi connectivity index (χ2v) is 6.92. The number of fused-ring (bicyclic) bond motifs is 1. The zero-order chi connectivity index (χ0) is 20.4. The zero-order valence-corrected chi connectivity index (χ0v) is 15.6. The fourth-order valence-electron chi connectivity index (χ4n) is 3.48. The number of carbonyl (C=O) groups excluding carboxylic acids is 2. The lowest BCUT2D eigenvalue weighted by atomic mass is 10.1. The van der Waals surface area contributed by atoms with Crippen molar-refractivity contribution in [2.75, 3.05) is 26.2 Å². The Morgan fingerprint density at radius 1 is 0.931 bits per heavy atom. The first-order valence-corrected chi connectivity index (χ1v) is 9.32. The summed E-state index contributed by atoms with van der Waals surface area (Å²) < 4.78 is 13.0. The molecule has 8 heteroatoms. The summed E-state index contributed by atoms with van der Waals surface area (Å²) in [6.07, 6.45) is 0.195. The van der Waals surface area contributed by atoms with E-state index in [0.29, 0.717) is 37.0 Å². The Morgan fingerprint density at radius 3 is 2.24 bits per heavy atom. The van der Waals surface area contributed by atoms with E-state index in [2.05, 4.69) is 10.2 Å². The Morgan fingerprint density at radius 2 is 1.55 bits per heavy atom. The molecule has 0 spiro atoms. The third kappa shape index (κ3) is 3.87. The normalized spacial score (nSPS) is 14.2. The van der Waals surface area contributed by atoms with Crippen molar-refractivity contribution in [2.24, 2.45) is 0 Å². The minimum Gasteiger partial charge on any atom is -0.339 e. The van der Waals surface area contributed by atoms with Gasteiger partial charge >= 0.3 is 0 Å². The summed E-state index contributed by atoms with van der Waals surface area (Å²) in [5.74, 6) is -0.670. The summed E-state index contributed by atoms with van der Waals surface area (Å²) in [5.41, 5.74) is 0.610. The number of benzene rings is 2. The first kappa shape index (κ1) is 18.8. The number of aromatic amines is 1. The molecule has 2 heterocycles. The molecule has 29 heavy (non-hydrogen) atoms. The number of piperazine rings is 1. The van der Waals surface area contributed by atoms with Gasteiger partial charge in [-0.3, -0.25) is 14.4 Å². The molecule has 1 aliphatic rings. The van der Waals surface area contributed by atoms with Crippen LogP contribution in [-0.4, -0.2) is 58.0 Å². The van der Waals surface area contributed by atoms with Crippen LogP contribution in [0.5, 0.6) is 0 Å². The Hall–Kier alpha value is -3.55. The van der Waals surface area contributed by atoms with Gasteiger partial charge in [0.05, 0.1) is 11.8 Å². The molecule has 0 aliphatic carbocycles. The smallest absolute Gasteiger partial charge is 0.275 e. The number of halogens is 1. The average Bonchev–Trinajstić information content (AvgIpc) is 2.75. The molecule has 7 nitrogen and oxygen atoms in total. The van der Waals surface area contributed by atoms with E-state index in [1.807, 2.05) is 0 Å². The molecule has 4 rings (SSSR count). The third-order valence-corrected chi connectivity index (χ3v) is 5.09. The van der Waals surface area contributed by atoms with E-state index < -0.39 is 0 Å². The molecule has 0 saturated carbocycles. The summed E-state index contributed by atoms with van der Waals surface area (Å²) in [6, 6.07) is 12.7. The van der Waals surface area contributed by atoms with Crippen molar-refractivity contribution in [1.82, 2.24) is 20.0 Å². The molecule has 0 unspecified atom stereocenters. The predicted octanol–water partition coefficient (Wildman–Crippen LogP) is 1.59. The highest BCUT2D eigenvalue weighted by Gasteiger charge is 2.27. The molecule has 0 bridgehead atoms. The number of carbonyl (C=O) groups is 2. The minimum absolute atomic E-state index is 0.0590. The lowest BCUT2D eigenvalue weighted by Crippen LogP contribution is -2.51. The van der Waals surface area contributed by atoms with Crippen LogP contribution in [0.15, 0.2) is 53.3 Å². The predicted molar refractivity (Wildman–Crippen MR) is 105 cm³/mol. The quantitative estimate of drug-likeness (QED) is 0.731. The molecule has 1 N–H and O–H groups in total. The molecule has 1 saturated heterocycles. The van der Waals surface area contributed by atoms with Crippen LogP contribution in [0, 0.1) is 5.82 Å². The molecular weight excluding hydrogens is 375 g/mol. The monoisotopic (exact) mass is 394 g/mol. The van der Waals surface area contributed by atoms with Gasteiger partial charge in [0.15, 0.2) is 5.69 Å². The number of hydrogen-bond donors (Lipinski definition) is 1. The SMILES string of the molecule is O=C(Cc1ccc(F)cc1)N1CCN(C(=O)c2n[nH]c(=O)c3ccccc23)CC1. The molecule has 0 atom stereocenters. The fourth-order valence-corrected chi connectivity index (χ4v) is 3.48. The first-order chi connectivity index (χ1) is 14.0. The molecule has 1 aromatic heterocycles. The average molecular weight is 394 g/mol. The minimum atomic E-state index is -0.339. The standard InChI is InChI=1S/C21H19FN4O3/c22-15-7-5-14(6-8-15)13-18(27)25-9-11-26(12-10-25)21(29)19-16-3-1-2-4-17(16)20(28)24-23-19/h1-8H,9-13H2,(H,24,28). The van der Waals surface area contributed by atoms with Crippen LogP contribution in [0.1, 0.15) is 16.1 Å². The lowest BCUT2D eigenvalue weighted by Gasteiger charge is -2.34. The zero-order valence-electron chi connectivity index (χ0n) is 15.6. The van der Waals surface area contributed by atoms with Crippen molar-refractivity contribution in [3.8, 4) is 0 Å². The van der Waals surface area contributed by atoms with E-state index in [9.17, 15) is 18.8 Å². The highest BCUT2D eigenvalue weighted by atomic mass is 19.1. The van der Waals surface area contributed by atoms with Gasteiger partial charge in [-0.2, -0.15) is 5.10 Å². The second kappa shape index (κ2) is 7.83. The van der Waals surface area contributed by atoms with Crippen LogP contribution in [0.3, 0.4) is 0 Å². The van der Waals surface area contributed by atoms with Crippen LogP contribution < -0.4 is 5.56 Å². The number of aromatic nitrogens is 2. The number of nitrogens with one attached hydrogen (secondary N) is 1. The van der Waals surface area contributed by atoms with Crippen LogP contribution in [-0.2, 0) is 11.2 Å². The number of hydrogen-bond acceptors (Lipinski definition) is 4. The van der Waals surface area contributed by atoms with Gasteiger partial charge < -0.3 is 9.80 Å². The van der Waals surface area contributed by atoms with Crippen molar-refractivity contribution in [3.05, 3.63) is 76.0 Å². The van der Waals surface area contributed by atoms with Gasteiger partial charge in [0, 0.05) is 31.6 Å². The molecule has 3 aromatic rings. The third-order valence-electron chi connectivity index (χ3n) is 5.09. The van der Waals surface area contributed by atoms with E-state index in [4.69, 9.17) is 0 Å². The van der Waals surface area contributed by atoms with E-state index >= 15 is 0 Å². The summed E-state index contributed by atoms with van der Waals surface area (Å²) >= 11 is 0. The van der Waals surface area contributed by atoms with Gasteiger partial charge in [-0.05, 0) is 23.8 Å². The molecular formula is C21H19FN4O3. The van der Waals surface area contributed by atoms with E-state index in [1.54, 1.807) is 46.2 Å². The largest absolute Gasteiger partial charge is 0.339 e. The van der Waals surface area contributed by atoms with Crippen LogP contribution in [0.2, 0.25) is 0 Å². The maximum absolute atomic E-state index is 13.0. The van der Waals surface area contributed by atoms with Crippen molar-refractivity contribution in [3.63, 3.8) is 0 Å². The molecule has 1 fully saturated rings. The second-order valence-electron chi connectivity index (χ2n) is 6.92. The Bertz CT molecular complexity index is 1120. The van der Waals surface area contributed by atoms with Gasteiger partial charge in [-0.15, -0.1) is 0 Å². The van der Waals surface area contributed by atoms with E-state index in [1.165, 1.54) is 12.1 Å². The Balaban J connectivity index is 1.43. The number of nitrogens with zero attached hydrogens (tertiary/aromatic N) is 3. The first-order valence-electron chi connectivity index (χ1n) is 9.32. The topological polar surface area (TPSA) is 86.4 Å². The lowest BCUT2D eigenvalue weighted by molar-refractivity contribution is -0.131.